The standard InChI is InChI=1S/C20H16F4N2O/c1-26-11-15(6-13-2-4-25-5-3-13)19(27)16(12-26)7-14-8-17(20(22,23)24)10-18(21)9-14/h2-10H,11-12H2,1H3/b15-6?,16-7+. The molecule has 27 heavy (non-hydrogen) atoms. The fourth-order valence-corrected chi connectivity index (χ4v) is 2.93. The first kappa shape index (κ1) is 19.0. The largest absolute Gasteiger partial charge is 0.416 e. The van der Waals surface area contributed by atoms with Gasteiger partial charge >= 0.3 is 6.18 Å². The molecule has 1 aromatic heterocycles. The van der Waals surface area contributed by atoms with Crippen LogP contribution in [-0.4, -0.2) is 35.8 Å². The van der Waals surface area contributed by atoms with Crippen molar-refractivity contribution in [3.63, 3.8) is 0 Å². The molecule has 1 aliphatic rings. The number of likely N-dealkylation sites (tertiary alicyclic amines) is 1. The highest BCUT2D eigenvalue weighted by Gasteiger charge is 2.31. The summed E-state index contributed by atoms with van der Waals surface area (Å²) >= 11 is 0. The molecule has 3 nitrogen and oxygen atoms in total. The summed E-state index contributed by atoms with van der Waals surface area (Å²) in [5, 5.41) is 0. The van der Waals surface area contributed by atoms with E-state index in [1.807, 2.05) is 4.90 Å². The van der Waals surface area contributed by atoms with Gasteiger partial charge in [0.15, 0.2) is 5.78 Å². The number of Topliss-reactive ketones (excluding diaryl/α,β-unsaturated/α-hetero) is 1. The van der Waals surface area contributed by atoms with Crippen LogP contribution in [0.3, 0.4) is 0 Å². The maximum atomic E-state index is 13.6. The van der Waals surface area contributed by atoms with E-state index in [2.05, 4.69) is 4.98 Å². The van der Waals surface area contributed by atoms with E-state index in [0.29, 0.717) is 23.8 Å². The van der Waals surface area contributed by atoms with Crippen LogP contribution >= 0.6 is 0 Å². The van der Waals surface area contributed by atoms with E-state index in [-0.39, 0.29) is 17.9 Å². The Bertz CT molecular complexity index is 917. The highest BCUT2D eigenvalue weighted by molar-refractivity contribution is 6.14. The molecule has 0 radical (unpaired) electrons. The lowest BCUT2D eigenvalue weighted by molar-refractivity contribution is -0.137. The van der Waals surface area contributed by atoms with E-state index in [0.717, 1.165) is 17.7 Å². The van der Waals surface area contributed by atoms with Gasteiger partial charge in [0.1, 0.15) is 5.82 Å². The Morgan fingerprint density at radius 3 is 2.19 bits per heavy atom. The van der Waals surface area contributed by atoms with Gasteiger partial charge in [-0.1, -0.05) is 0 Å². The van der Waals surface area contributed by atoms with Crippen LogP contribution in [0.4, 0.5) is 17.6 Å². The van der Waals surface area contributed by atoms with Gasteiger partial charge in [-0.25, -0.2) is 4.39 Å². The lowest BCUT2D eigenvalue weighted by atomic mass is 9.94. The van der Waals surface area contributed by atoms with E-state index in [9.17, 15) is 22.4 Å². The molecule has 1 fully saturated rings. The van der Waals surface area contributed by atoms with Gasteiger partial charge in [-0.05, 0) is 60.7 Å². The molecule has 0 amide bonds. The first-order valence-corrected chi connectivity index (χ1v) is 8.14. The summed E-state index contributed by atoms with van der Waals surface area (Å²) in [6.07, 6.45) is 1.59. The second kappa shape index (κ2) is 7.44. The second-order valence-corrected chi connectivity index (χ2v) is 6.39. The number of halogens is 4. The van der Waals surface area contributed by atoms with Crippen LogP contribution in [0.1, 0.15) is 16.7 Å². The number of aromatic nitrogens is 1. The fraction of sp³-hybridized carbons (Fsp3) is 0.200. The quantitative estimate of drug-likeness (QED) is 0.581. The summed E-state index contributed by atoms with van der Waals surface area (Å²) in [4.78, 5) is 18.5. The van der Waals surface area contributed by atoms with Crippen LogP contribution in [0.2, 0.25) is 0 Å². The Morgan fingerprint density at radius 1 is 1.00 bits per heavy atom. The van der Waals surface area contributed by atoms with Crippen LogP contribution in [0.5, 0.6) is 0 Å². The SMILES string of the molecule is CN1CC(=Cc2ccncc2)C(=O)/C(=C/c2cc(F)cc(C(F)(F)F)c2)C1. The summed E-state index contributed by atoms with van der Waals surface area (Å²) < 4.78 is 52.3. The van der Waals surface area contributed by atoms with Crippen molar-refractivity contribution < 1.29 is 22.4 Å². The summed E-state index contributed by atoms with van der Waals surface area (Å²) in [6, 6.07) is 5.76. The number of rotatable bonds is 2. The highest BCUT2D eigenvalue weighted by atomic mass is 19.4. The van der Waals surface area contributed by atoms with Gasteiger partial charge < -0.3 is 0 Å². The van der Waals surface area contributed by atoms with Gasteiger partial charge in [-0.15, -0.1) is 0 Å². The number of carbonyl (C=O) groups excluding carboxylic acids is 1. The predicted molar refractivity (Wildman–Crippen MR) is 94.1 cm³/mol. The van der Waals surface area contributed by atoms with Crippen LogP contribution in [0.15, 0.2) is 53.9 Å². The molecule has 7 heteroatoms. The van der Waals surface area contributed by atoms with Crippen molar-refractivity contribution in [1.29, 1.82) is 0 Å². The maximum Gasteiger partial charge on any atom is 0.416 e. The van der Waals surface area contributed by atoms with Crippen molar-refractivity contribution in [2.75, 3.05) is 20.1 Å². The summed E-state index contributed by atoms with van der Waals surface area (Å²) in [6.45, 7) is 0.680. The van der Waals surface area contributed by atoms with Crippen LogP contribution in [0.25, 0.3) is 12.2 Å². The van der Waals surface area contributed by atoms with Crippen molar-refractivity contribution in [2.45, 2.75) is 6.18 Å². The molecule has 0 spiro atoms. The molecule has 0 N–H and O–H groups in total. The van der Waals surface area contributed by atoms with E-state index in [1.165, 1.54) is 6.08 Å². The number of benzene rings is 1. The molecular weight excluding hydrogens is 360 g/mol. The summed E-state index contributed by atoms with van der Waals surface area (Å²) in [5.41, 5.74) is 0.535. The number of likely N-dealkylation sites (N-methyl/N-ethyl adjacent to an activating group) is 1. The first-order valence-electron chi connectivity index (χ1n) is 8.14. The Kier molecular flexibility index (Phi) is 5.23. The number of carbonyl (C=O) groups is 1. The number of pyridine rings is 1. The number of hydrogen-bond acceptors (Lipinski definition) is 3. The van der Waals surface area contributed by atoms with Crippen molar-refractivity contribution in [3.05, 3.63) is 76.4 Å². The zero-order chi connectivity index (χ0) is 19.6. The number of nitrogens with zero attached hydrogens (tertiary/aromatic N) is 2. The topological polar surface area (TPSA) is 33.2 Å². The van der Waals surface area contributed by atoms with Gasteiger partial charge in [-0.2, -0.15) is 13.2 Å². The van der Waals surface area contributed by atoms with Gasteiger partial charge in [0.05, 0.1) is 5.56 Å². The van der Waals surface area contributed by atoms with Gasteiger partial charge in [0, 0.05) is 36.6 Å². The average Bonchev–Trinajstić information content (AvgIpc) is 2.58. The van der Waals surface area contributed by atoms with Crippen molar-refractivity contribution in [1.82, 2.24) is 9.88 Å². The molecule has 0 unspecified atom stereocenters. The van der Waals surface area contributed by atoms with Crippen LogP contribution in [-0.2, 0) is 11.0 Å². The van der Waals surface area contributed by atoms with Gasteiger partial charge in [-0.3, -0.25) is 14.7 Å². The van der Waals surface area contributed by atoms with Crippen LogP contribution < -0.4 is 0 Å². The zero-order valence-electron chi connectivity index (χ0n) is 14.4. The molecular formula is C20H16F4N2O. The lowest BCUT2D eigenvalue weighted by Crippen LogP contribution is -2.34. The first-order chi connectivity index (χ1) is 12.7. The van der Waals surface area contributed by atoms with Crippen LogP contribution in [0, 0.1) is 5.82 Å². The molecule has 3 rings (SSSR count). The second-order valence-electron chi connectivity index (χ2n) is 6.39. The molecule has 0 saturated carbocycles. The molecule has 1 aliphatic heterocycles. The Morgan fingerprint density at radius 2 is 1.59 bits per heavy atom. The molecule has 0 bridgehead atoms. The van der Waals surface area contributed by atoms with E-state index in [1.54, 1.807) is 37.7 Å². The number of alkyl halides is 3. The zero-order valence-corrected chi connectivity index (χ0v) is 14.4. The minimum atomic E-state index is -4.66. The smallest absolute Gasteiger partial charge is 0.298 e. The van der Waals surface area contributed by atoms with E-state index >= 15 is 0 Å². The van der Waals surface area contributed by atoms with Crippen molar-refractivity contribution >= 4 is 17.9 Å². The lowest BCUT2D eigenvalue weighted by Gasteiger charge is -2.26. The Hall–Kier alpha value is -2.80. The third-order valence-corrected chi connectivity index (χ3v) is 4.10. The number of hydrogen-bond donors (Lipinski definition) is 0. The van der Waals surface area contributed by atoms with E-state index < -0.39 is 17.6 Å². The molecule has 2 aromatic rings. The van der Waals surface area contributed by atoms with Gasteiger partial charge in [0.25, 0.3) is 0 Å². The Labute approximate surface area is 153 Å². The molecule has 2 heterocycles. The average molecular weight is 376 g/mol. The van der Waals surface area contributed by atoms with E-state index in [4.69, 9.17) is 0 Å². The normalized spacial score (nSPS) is 19.1. The highest BCUT2D eigenvalue weighted by Crippen LogP contribution is 2.31. The molecule has 0 atom stereocenters. The maximum absolute atomic E-state index is 13.6. The number of piperidine rings is 1. The van der Waals surface area contributed by atoms with Crippen molar-refractivity contribution in [3.8, 4) is 0 Å². The summed E-state index contributed by atoms with van der Waals surface area (Å²) in [5.74, 6) is -1.26. The summed E-state index contributed by atoms with van der Waals surface area (Å²) in [7, 11) is 1.80. The molecule has 1 saturated heterocycles. The fourth-order valence-electron chi connectivity index (χ4n) is 2.93. The Balaban J connectivity index is 1.97. The molecule has 0 aliphatic carbocycles. The predicted octanol–water partition coefficient (Wildman–Crippen LogP) is 4.22. The molecule has 140 valence electrons. The monoisotopic (exact) mass is 376 g/mol. The third kappa shape index (κ3) is 4.68. The molecule has 1 aromatic carbocycles. The number of ketones is 1. The van der Waals surface area contributed by atoms with Crippen molar-refractivity contribution in [2.24, 2.45) is 0 Å². The minimum Gasteiger partial charge on any atom is -0.298 e. The minimum absolute atomic E-state index is 0.00392. The third-order valence-electron chi connectivity index (χ3n) is 4.10. The van der Waals surface area contributed by atoms with Gasteiger partial charge in [0.2, 0.25) is 0 Å².